The smallest absolute Gasteiger partial charge is 0.277 e. The van der Waals surface area contributed by atoms with Crippen molar-refractivity contribution in [1.82, 2.24) is 15.1 Å². The van der Waals surface area contributed by atoms with Gasteiger partial charge in [0.15, 0.2) is 0 Å². The van der Waals surface area contributed by atoms with Gasteiger partial charge in [-0.15, -0.1) is 0 Å². The van der Waals surface area contributed by atoms with Crippen LogP contribution in [0.3, 0.4) is 0 Å². The number of hydrogen-bond donors (Lipinski definition) is 1. The molecule has 0 radical (unpaired) electrons. The first-order valence-electron chi connectivity index (χ1n) is 12.4. The molecule has 2 amide bonds. The van der Waals surface area contributed by atoms with Crippen molar-refractivity contribution in [1.29, 1.82) is 0 Å². The van der Waals surface area contributed by atoms with Gasteiger partial charge in [-0.3, -0.25) is 19.2 Å². The van der Waals surface area contributed by atoms with Gasteiger partial charge in [0.05, 0.1) is 19.3 Å². The highest BCUT2D eigenvalue weighted by atomic mass is 16.5. The summed E-state index contributed by atoms with van der Waals surface area (Å²) in [7, 11) is 1.62. The second-order valence-corrected chi connectivity index (χ2v) is 9.40. The molecule has 0 bridgehead atoms. The third-order valence-corrected chi connectivity index (χ3v) is 6.93. The molecule has 0 spiro atoms. The molecule has 0 saturated heterocycles. The number of nitrogens with one attached hydrogen (secondary N) is 1. The third kappa shape index (κ3) is 4.60. The van der Waals surface area contributed by atoms with Crippen molar-refractivity contribution in [3.05, 3.63) is 102 Å². The van der Waals surface area contributed by atoms with Gasteiger partial charge in [0.25, 0.3) is 5.91 Å². The predicted octanol–water partition coefficient (Wildman–Crippen LogP) is 4.86. The predicted molar refractivity (Wildman–Crippen MR) is 144 cm³/mol. The summed E-state index contributed by atoms with van der Waals surface area (Å²) in [5.41, 5.74) is 3.62. The Morgan fingerprint density at radius 2 is 1.70 bits per heavy atom. The summed E-state index contributed by atoms with van der Waals surface area (Å²) in [5, 5.41) is 7.77. The van der Waals surface area contributed by atoms with Crippen LogP contribution in [0.1, 0.15) is 35.5 Å². The molecule has 3 aromatic carbocycles. The third-order valence-electron chi connectivity index (χ3n) is 6.93. The molecule has 1 aliphatic rings. The van der Waals surface area contributed by atoms with Crippen molar-refractivity contribution in [3.63, 3.8) is 0 Å². The van der Waals surface area contributed by atoms with E-state index in [2.05, 4.69) is 12.2 Å². The lowest BCUT2D eigenvalue weighted by Gasteiger charge is -2.43. The summed E-state index contributed by atoms with van der Waals surface area (Å²) >= 11 is 0. The van der Waals surface area contributed by atoms with Crippen LogP contribution in [0, 0.1) is 0 Å². The van der Waals surface area contributed by atoms with Crippen LogP contribution in [0.25, 0.3) is 11.3 Å². The minimum atomic E-state index is -1.18. The van der Waals surface area contributed by atoms with Crippen LogP contribution < -0.4 is 15.0 Å². The Morgan fingerprint density at radius 3 is 2.35 bits per heavy atom. The first-order chi connectivity index (χ1) is 17.9. The van der Waals surface area contributed by atoms with Crippen LogP contribution in [0.15, 0.2) is 84.9 Å². The molecule has 1 aliphatic heterocycles. The van der Waals surface area contributed by atoms with E-state index in [1.54, 1.807) is 29.7 Å². The maximum atomic E-state index is 14.0. The topological polar surface area (TPSA) is 76.5 Å². The van der Waals surface area contributed by atoms with Crippen molar-refractivity contribution >= 4 is 17.5 Å². The number of aryl methyl sites for hydroxylation is 1. The van der Waals surface area contributed by atoms with Crippen molar-refractivity contribution in [2.45, 2.75) is 38.9 Å². The molecule has 2 heterocycles. The van der Waals surface area contributed by atoms with Gasteiger partial charge >= 0.3 is 0 Å². The van der Waals surface area contributed by atoms with E-state index < -0.39 is 5.54 Å². The molecule has 0 unspecified atom stereocenters. The first kappa shape index (κ1) is 24.3. The lowest BCUT2D eigenvalue weighted by atomic mass is 9.93. The van der Waals surface area contributed by atoms with Gasteiger partial charge in [-0.05, 0) is 66.9 Å². The molecular formula is C30H30N4O3. The Balaban J connectivity index is 1.53. The summed E-state index contributed by atoms with van der Waals surface area (Å²) in [6.07, 6.45) is 0.890. The molecule has 7 nitrogen and oxygen atoms in total. The highest BCUT2D eigenvalue weighted by Gasteiger charge is 2.48. The summed E-state index contributed by atoms with van der Waals surface area (Å²) in [6, 6.07) is 26.9. The zero-order valence-electron chi connectivity index (χ0n) is 21.3. The van der Waals surface area contributed by atoms with Gasteiger partial charge in [0, 0.05) is 17.8 Å². The van der Waals surface area contributed by atoms with Gasteiger partial charge in [0.2, 0.25) is 5.91 Å². The molecule has 188 valence electrons. The summed E-state index contributed by atoms with van der Waals surface area (Å²) in [4.78, 5) is 29.3. The maximum absolute atomic E-state index is 14.0. The van der Waals surface area contributed by atoms with E-state index in [1.165, 1.54) is 0 Å². The van der Waals surface area contributed by atoms with Gasteiger partial charge < -0.3 is 10.1 Å². The summed E-state index contributed by atoms with van der Waals surface area (Å²) in [6.45, 7) is 4.48. The Kier molecular flexibility index (Phi) is 6.53. The average Bonchev–Trinajstić information content (AvgIpc) is 3.36. The number of aromatic nitrogens is 2. The molecule has 7 heteroatoms. The fourth-order valence-electron chi connectivity index (χ4n) is 4.74. The van der Waals surface area contributed by atoms with Gasteiger partial charge in [-0.25, -0.2) is 0 Å². The maximum Gasteiger partial charge on any atom is 0.277 e. The van der Waals surface area contributed by atoms with E-state index in [0.29, 0.717) is 23.6 Å². The largest absolute Gasteiger partial charge is 0.497 e. The first-order valence-corrected chi connectivity index (χ1v) is 12.4. The van der Waals surface area contributed by atoms with Crippen LogP contribution in [-0.4, -0.2) is 34.2 Å². The Labute approximate surface area is 216 Å². The molecule has 1 aromatic heterocycles. The number of anilines is 1. The number of fused-ring (bicyclic) bond motifs is 1. The summed E-state index contributed by atoms with van der Waals surface area (Å²) in [5.74, 6) is 0.240. The number of methoxy groups -OCH3 is 1. The lowest BCUT2D eigenvalue weighted by Crippen LogP contribution is -2.64. The minimum Gasteiger partial charge on any atom is -0.497 e. The van der Waals surface area contributed by atoms with Crippen LogP contribution >= 0.6 is 0 Å². The van der Waals surface area contributed by atoms with Crippen molar-refractivity contribution in [3.8, 4) is 17.0 Å². The highest BCUT2D eigenvalue weighted by Crippen LogP contribution is 2.34. The van der Waals surface area contributed by atoms with Crippen molar-refractivity contribution < 1.29 is 14.3 Å². The SMILES string of the molecule is CCc1ccc(N2C(=O)c3cc(-c4ccc(OC)cc4)nn3C[C@@]2(C)C(=O)NCc2ccccc2)cc1. The number of hydrogen-bond acceptors (Lipinski definition) is 4. The van der Waals surface area contributed by atoms with E-state index in [0.717, 1.165) is 28.9 Å². The number of nitrogens with zero attached hydrogens (tertiary/aromatic N) is 3. The molecule has 1 N–H and O–H groups in total. The summed E-state index contributed by atoms with van der Waals surface area (Å²) < 4.78 is 6.91. The van der Waals surface area contributed by atoms with E-state index in [1.807, 2.05) is 78.9 Å². The fourth-order valence-corrected chi connectivity index (χ4v) is 4.74. The Bertz CT molecular complexity index is 1410. The fraction of sp³-hybridized carbons (Fsp3) is 0.233. The second kappa shape index (κ2) is 9.93. The van der Waals surface area contributed by atoms with Crippen LogP contribution in [0.5, 0.6) is 5.75 Å². The van der Waals surface area contributed by atoms with Crippen LogP contribution in [0.2, 0.25) is 0 Å². The number of carbonyl (C=O) groups is 2. The second-order valence-electron chi connectivity index (χ2n) is 9.40. The number of amides is 2. The van der Waals surface area contributed by atoms with Gasteiger partial charge in [-0.1, -0.05) is 49.4 Å². The average molecular weight is 495 g/mol. The van der Waals surface area contributed by atoms with E-state index >= 15 is 0 Å². The number of carbonyl (C=O) groups excluding carboxylic acids is 2. The standard InChI is InChI=1S/C30H30N4O3/c1-4-21-10-14-24(15-11-21)34-28(35)27-18-26(23-12-16-25(37-3)17-13-23)32-33(27)20-30(34,2)29(36)31-19-22-8-6-5-7-9-22/h5-18H,4,19-20H2,1-3H3,(H,31,36)/t30-/m0/s1. The molecular weight excluding hydrogens is 464 g/mol. The molecule has 0 saturated carbocycles. The molecule has 37 heavy (non-hydrogen) atoms. The molecule has 4 aromatic rings. The molecule has 5 rings (SSSR count). The monoisotopic (exact) mass is 494 g/mol. The van der Waals surface area contributed by atoms with Gasteiger partial charge in [-0.2, -0.15) is 5.10 Å². The zero-order valence-corrected chi connectivity index (χ0v) is 21.3. The zero-order chi connectivity index (χ0) is 26.0. The van der Waals surface area contributed by atoms with Crippen molar-refractivity contribution in [2.75, 3.05) is 12.0 Å². The highest BCUT2D eigenvalue weighted by molar-refractivity contribution is 6.12. The molecule has 0 aliphatic carbocycles. The number of rotatable bonds is 7. The number of benzene rings is 3. The van der Waals surface area contributed by atoms with E-state index in [9.17, 15) is 9.59 Å². The number of ether oxygens (including phenoxy) is 1. The quantitative estimate of drug-likeness (QED) is 0.398. The molecule has 0 fully saturated rings. The van der Waals surface area contributed by atoms with E-state index in [-0.39, 0.29) is 18.4 Å². The minimum absolute atomic E-state index is 0.223. The lowest BCUT2D eigenvalue weighted by molar-refractivity contribution is -0.126. The van der Waals surface area contributed by atoms with Crippen LogP contribution in [-0.2, 0) is 24.3 Å². The normalized spacial score (nSPS) is 16.8. The van der Waals surface area contributed by atoms with Gasteiger partial charge in [0.1, 0.15) is 17.0 Å². The van der Waals surface area contributed by atoms with E-state index in [4.69, 9.17) is 9.84 Å². The van der Waals surface area contributed by atoms with Crippen molar-refractivity contribution in [2.24, 2.45) is 0 Å². The molecule has 1 atom stereocenters. The Hall–Kier alpha value is -4.39. The van der Waals surface area contributed by atoms with Crippen LogP contribution in [0.4, 0.5) is 5.69 Å². The Morgan fingerprint density at radius 1 is 1.00 bits per heavy atom.